The molecule has 1 aromatic carbocycles. The molecular weight excluding hydrogens is 299 g/mol. The molecule has 0 bridgehead atoms. The van der Waals surface area contributed by atoms with Crippen molar-refractivity contribution in [3.8, 4) is 5.69 Å². The summed E-state index contributed by atoms with van der Waals surface area (Å²) in [6.45, 7) is 4.40. The summed E-state index contributed by atoms with van der Waals surface area (Å²) in [5.41, 5.74) is 0.655. The number of carbonyl (C=O) groups excluding carboxylic acids is 1. The van der Waals surface area contributed by atoms with Crippen LogP contribution in [0.1, 0.15) is 36.2 Å². The molecule has 1 fully saturated rings. The predicted octanol–water partition coefficient (Wildman–Crippen LogP) is 2.01. The number of benzene rings is 1. The molecule has 1 amide bonds. The molecule has 2 heterocycles. The number of rotatable bonds is 4. The summed E-state index contributed by atoms with van der Waals surface area (Å²) in [4.78, 5) is 16.5. The fraction of sp³-hybridized carbons (Fsp3) is 0.438. The molecule has 1 aliphatic heterocycles. The third kappa shape index (κ3) is 3.39. The zero-order chi connectivity index (χ0) is 16.4. The zero-order valence-corrected chi connectivity index (χ0v) is 13.1. The zero-order valence-electron chi connectivity index (χ0n) is 13.1. The highest BCUT2D eigenvalue weighted by Crippen LogP contribution is 2.16. The molecule has 1 aliphatic rings. The number of halogens is 1. The average Bonchev–Trinajstić information content (AvgIpc) is 3.17. The fourth-order valence-corrected chi connectivity index (χ4v) is 2.67. The van der Waals surface area contributed by atoms with Crippen LogP contribution >= 0.6 is 0 Å². The van der Waals surface area contributed by atoms with Gasteiger partial charge in [-0.1, -0.05) is 0 Å². The Morgan fingerprint density at radius 2 is 2.17 bits per heavy atom. The number of aryl methyl sites for hydroxylation is 1. The van der Waals surface area contributed by atoms with E-state index in [0.717, 1.165) is 19.4 Å². The number of hydrogen-bond donors (Lipinski definition) is 1. The molecule has 122 valence electrons. The van der Waals surface area contributed by atoms with Gasteiger partial charge in [0.2, 0.25) is 5.82 Å². The molecule has 1 N–H and O–H groups in total. The Balaban J connectivity index is 1.74. The molecule has 3 rings (SSSR count). The Bertz CT molecular complexity index is 693. The van der Waals surface area contributed by atoms with Gasteiger partial charge < -0.3 is 10.1 Å². The summed E-state index contributed by atoms with van der Waals surface area (Å²) in [6, 6.07) is 5.77. The minimum atomic E-state index is -0.336. The van der Waals surface area contributed by atoms with Gasteiger partial charge in [0.05, 0.1) is 17.8 Å². The average molecular weight is 318 g/mol. The Hall–Kier alpha value is -2.28. The first kappa shape index (κ1) is 15.6. The smallest absolute Gasteiger partial charge is 0.291 e. The molecule has 7 heteroatoms. The van der Waals surface area contributed by atoms with Gasteiger partial charge in [0.15, 0.2) is 0 Å². The molecule has 1 saturated heterocycles. The predicted molar refractivity (Wildman–Crippen MR) is 82.0 cm³/mol. The van der Waals surface area contributed by atoms with Gasteiger partial charge in [-0.15, -0.1) is 5.10 Å². The molecule has 2 unspecified atom stereocenters. The van der Waals surface area contributed by atoms with Crippen LogP contribution in [0.25, 0.3) is 5.69 Å². The van der Waals surface area contributed by atoms with Gasteiger partial charge in [0.25, 0.3) is 5.91 Å². The van der Waals surface area contributed by atoms with Crippen LogP contribution in [0.4, 0.5) is 4.39 Å². The standard InChI is InChI=1S/C16H19FN4O2/c1-10(14-4-3-9-23-14)18-16(22)15-19-11(2)21(20-15)13-7-5-12(17)6-8-13/h5-8,10,14H,3-4,9H2,1-2H3,(H,18,22). The van der Waals surface area contributed by atoms with Crippen LogP contribution in [0.5, 0.6) is 0 Å². The van der Waals surface area contributed by atoms with Gasteiger partial charge in [-0.25, -0.2) is 14.1 Å². The molecular formula is C16H19FN4O2. The number of carbonyl (C=O) groups is 1. The van der Waals surface area contributed by atoms with Crippen molar-refractivity contribution in [2.24, 2.45) is 0 Å². The van der Waals surface area contributed by atoms with E-state index in [1.807, 2.05) is 6.92 Å². The van der Waals surface area contributed by atoms with Gasteiger partial charge in [-0.2, -0.15) is 0 Å². The van der Waals surface area contributed by atoms with Crippen molar-refractivity contribution in [3.05, 3.63) is 41.7 Å². The maximum atomic E-state index is 13.0. The number of aromatic nitrogens is 3. The topological polar surface area (TPSA) is 69.0 Å². The first-order valence-corrected chi connectivity index (χ1v) is 7.66. The Labute approximate surface area is 133 Å². The Kier molecular flexibility index (Phi) is 4.38. The van der Waals surface area contributed by atoms with E-state index in [4.69, 9.17) is 4.74 Å². The van der Waals surface area contributed by atoms with E-state index in [0.29, 0.717) is 11.5 Å². The van der Waals surface area contributed by atoms with Crippen molar-refractivity contribution in [1.82, 2.24) is 20.1 Å². The molecule has 2 atom stereocenters. The largest absolute Gasteiger partial charge is 0.376 e. The summed E-state index contributed by atoms with van der Waals surface area (Å²) in [5, 5.41) is 7.10. The lowest BCUT2D eigenvalue weighted by atomic mass is 10.1. The fourth-order valence-electron chi connectivity index (χ4n) is 2.67. The van der Waals surface area contributed by atoms with Gasteiger partial charge in [-0.3, -0.25) is 4.79 Å². The lowest BCUT2D eigenvalue weighted by Crippen LogP contribution is -2.41. The van der Waals surface area contributed by atoms with E-state index < -0.39 is 0 Å². The summed E-state index contributed by atoms with van der Waals surface area (Å²) >= 11 is 0. The number of ether oxygens (including phenoxy) is 1. The highest BCUT2D eigenvalue weighted by molar-refractivity contribution is 5.90. The van der Waals surface area contributed by atoms with Crippen LogP contribution < -0.4 is 5.32 Å². The van der Waals surface area contributed by atoms with Crippen molar-refractivity contribution in [1.29, 1.82) is 0 Å². The summed E-state index contributed by atoms with van der Waals surface area (Å²) in [6.07, 6.45) is 2.00. The maximum Gasteiger partial charge on any atom is 0.291 e. The van der Waals surface area contributed by atoms with E-state index in [1.165, 1.54) is 16.8 Å². The monoisotopic (exact) mass is 318 g/mol. The van der Waals surface area contributed by atoms with E-state index >= 15 is 0 Å². The molecule has 0 saturated carbocycles. The molecule has 2 aromatic rings. The molecule has 23 heavy (non-hydrogen) atoms. The molecule has 0 radical (unpaired) electrons. The summed E-state index contributed by atoms with van der Waals surface area (Å²) in [7, 11) is 0. The molecule has 0 aliphatic carbocycles. The Morgan fingerprint density at radius 3 is 2.83 bits per heavy atom. The lowest BCUT2D eigenvalue weighted by Gasteiger charge is -2.18. The molecule has 6 nitrogen and oxygen atoms in total. The van der Waals surface area contributed by atoms with Crippen molar-refractivity contribution < 1.29 is 13.9 Å². The molecule has 0 spiro atoms. The second-order valence-corrected chi connectivity index (χ2v) is 5.68. The van der Waals surface area contributed by atoms with Crippen LogP contribution in [-0.4, -0.2) is 39.4 Å². The van der Waals surface area contributed by atoms with Gasteiger partial charge in [-0.05, 0) is 51.0 Å². The van der Waals surface area contributed by atoms with Crippen molar-refractivity contribution in [2.75, 3.05) is 6.61 Å². The van der Waals surface area contributed by atoms with Crippen LogP contribution in [0, 0.1) is 12.7 Å². The van der Waals surface area contributed by atoms with E-state index in [1.54, 1.807) is 19.1 Å². The SMILES string of the molecule is Cc1nc(C(=O)NC(C)C2CCCO2)nn1-c1ccc(F)cc1. The van der Waals surface area contributed by atoms with Crippen molar-refractivity contribution in [2.45, 2.75) is 38.8 Å². The van der Waals surface area contributed by atoms with Gasteiger partial charge >= 0.3 is 0 Å². The van der Waals surface area contributed by atoms with Crippen LogP contribution in [0.2, 0.25) is 0 Å². The normalized spacial score (nSPS) is 18.8. The third-order valence-corrected chi connectivity index (χ3v) is 3.92. The number of nitrogens with zero attached hydrogens (tertiary/aromatic N) is 3. The first-order chi connectivity index (χ1) is 11.0. The second kappa shape index (κ2) is 6.45. The van der Waals surface area contributed by atoms with E-state index in [2.05, 4.69) is 15.4 Å². The van der Waals surface area contributed by atoms with Crippen LogP contribution in [0.3, 0.4) is 0 Å². The highest BCUT2D eigenvalue weighted by atomic mass is 19.1. The van der Waals surface area contributed by atoms with E-state index in [-0.39, 0.29) is 29.7 Å². The quantitative estimate of drug-likeness (QED) is 0.936. The lowest BCUT2D eigenvalue weighted by molar-refractivity contribution is 0.0706. The third-order valence-electron chi connectivity index (χ3n) is 3.92. The van der Waals surface area contributed by atoms with Crippen molar-refractivity contribution >= 4 is 5.91 Å². The second-order valence-electron chi connectivity index (χ2n) is 5.68. The number of nitrogens with one attached hydrogen (secondary N) is 1. The van der Waals surface area contributed by atoms with Crippen LogP contribution in [0.15, 0.2) is 24.3 Å². The number of hydrogen-bond acceptors (Lipinski definition) is 4. The van der Waals surface area contributed by atoms with Gasteiger partial charge in [0.1, 0.15) is 11.6 Å². The first-order valence-electron chi connectivity index (χ1n) is 7.66. The summed E-state index contributed by atoms with van der Waals surface area (Å²) < 4.78 is 20.1. The molecule has 1 aromatic heterocycles. The number of amides is 1. The Morgan fingerprint density at radius 1 is 1.43 bits per heavy atom. The van der Waals surface area contributed by atoms with Gasteiger partial charge in [0, 0.05) is 6.61 Å². The maximum absolute atomic E-state index is 13.0. The van der Waals surface area contributed by atoms with Crippen LogP contribution in [-0.2, 0) is 4.74 Å². The van der Waals surface area contributed by atoms with Crippen molar-refractivity contribution in [3.63, 3.8) is 0 Å². The highest BCUT2D eigenvalue weighted by Gasteiger charge is 2.25. The minimum absolute atomic E-state index is 0.0410. The summed E-state index contributed by atoms with van der Waals surface area (Å²) in [5.74, 6) is -0.00460. The minimum Gasteiger partial charge on any atom is -0.376 e. The van der Waals surface area contributed by atoms with E-state index in [9.17, 15) is 9.18 Å².